The van der Waals surface area contributed by atoms with Gasteiger partial charge in [-0.2, -0.15) is 0 Å². The average molecular weight is 256 g/mol. The first-order valence-electron chi connectivity index (χ1n) is 6.82. The topological polar surface area (TPSA) is 46.3 Å². The largest absolute Gasteiger partial charge is 0.320 e. The van der Waals surface area contributed by atoms with Gasteiger partial charge >= 0.3 is 0 Å². The van der Waals surface area contributed by atoms with E-state index < -0.39 is 0 Å². The zero-order valence-corrected chi connectivity index (χ0v) is 11.4. The van der Waals surface area contributed by atoms with E-state index in [-0.39, 0.29) is 5.91 Å². The molecular formula is C16H20N2O. The molecule has 1 heterocycles. The Kier molecular flexibility index (Phi) is 4.59. The number of rotatable bonds is 1. The third-order valence-corrected chi connectivity index (χ3v) is 3.34. The van der Waals surface area contributed by atoms with Gasteiger partial charge in [-0.3, -0.25) is 4.79 Å². The smallest absolute Gasteiger partial charge is 0.227 e. The van der Waals surface area contributed by atoms with E-state index in [2.05, 4.69) is 11.8 Å². The van der Waals surface area contributed by atoms with Crippen LogP contribution in [0, 0.1) is 18.8 Å². The number of benzene rings is 1. The van der Waals surface area contributed by atoms with Crippen molar-refractivity contribution < 1.29 is 4.79 Å². The Balaban J connectivity index is 2.39. The Morgan fingerprint density at radius 3 is 2.95 bits per heavy atom. The summed E-state index contributed by atoms with van der Waals surface area (Å²) in [5, 5.41) is 0. The highest BCUT2D eigenvalue weighted by Crippen LogP contribution is 2.25. The predicted molar refractivity (Wildman–Crippen MR) is 77.9 cm³/mol. The van der Waals surface area contributed by atoms with Crippen LogP contribution in [0.2, 0.25) is 0 Å². The van der Waals surface area contributed by atoms with Crippen molar-refractivity contribution in [2.45, 2.75) is 32.6 Å². The molecule has 0 unspecified atom stereocenters. The maximum absolute atomic E-state index is 12.2. The SMILES string of the molecule is Cc1ccc(N2CCCCCC2=O)c(C#CCN)c1. The molecule has 1 saturated heterocycles. The van der Waals surface area contributed by atoms with E-state index in [1.165, 1.54) is 0 Å². The van der Waals surface area contributed by atoms with Crippen LogP contribution < -0.4 is 10.6 Å². The molecule has 2 rings (SSSR count). The fraction of sp³-hybridized carbons (Fsp3) is 0.438. The number of carbonyl (C=O) groups is 1. The van der Waals surface area contributed by atoms with Gasteiger partial charge in [-0.05, 0) is 37.5 Å². The van der Waals surface area contributed by atoms with Crippen LogP contribution in [0.15, 0.2) is 18.2 Å². The number of aryl methyl sites for hydroxylation is 1. The minimum Gasteiger partial charge on any atom is -0.320 e. The highest BCUT2D eigenvalue weighted by molar-refractivity contribution is 5.95. The van der Waals surface area contributed by atoms with Crippen LogP contribution in [0.25, 0.3) is 0 Å². The van der Waals surface area contributed by atoms with Crippen LogP contribution in [0.5, 0.6) is 0 Å². The standard InChI is InChI=1S/C16H20N2O/c1-13-8-9-15(14(12-13)6-5-10-17)18-11-4-2-3-7-16(18)19/h8-9,12H,2-4,7,10-11,17H2,1H3. The lowest BCUT2D eigenvalue weighted by atomic mass is 10.1. The number of amides is 1. The van der Waals surface area contributed by atoms with E-state index in [4.69, 9.17) is 5.73 Å². The zero-order valence-electron chi connectivity index (χ0n) is 11.4. The maximum Gasteiger partial charge on any atom is 0.227 e. The van der Waals surface area contributed by atoms with E-state index in [1.54, 1.807) is 0 Å². The molecular weight excluding hydrogens is 236 g/mol. The van der Waals surface area contributed by atoms with Gasteiger partial charge in [0.15, 0.2) is 0 Å². The highest BCUT2D eigenvalue weighted by Gasteiger charge is 2.20. The summed E-state index contributed by atoms with van der Waals surface area (Å²) in [5.74, 6) is 6.17. The van der Waals surface area contributed by atoms with Gasteiger partial charge in [0.1, 0.15) is 0 Å². The van der Waals surface area contributed by atoms with Crippen LogP contribution in [0.3, 0.4) is 0 Å². The number of nitrogens with two attached hydrogens (primary N) is 1. The molecule has 2 N–H and O–H groups in total. The first-order valence-corrected chi connectivity index (χ1v) is 6.82. The number of hydrogen-bond acceptors (Lipinski definition) is 2. The minimum atomic E-state index is 0.206. The van der Waals surface area contributed by atoms with Crippen LogP contribution in [0.4, 0.5) is 5.69 Å². The van der Waals surface area contributed by atoms with Crippen molar-refractivity contribution in [2.75, 3.05) is 18.0 Å². The summed E-state index contributed by atoms with van der Waals surface area (Å²) in [5.41, 5.74) is 8.42. The van der Waals surface area contributed by atoms with Gasteiger partial charge in [-0.25, -0.2) is 0 Å². The zero-order chi connectivity index (χ0) is 13.7. The third kappa shape index (κ3) is 3.36. The average Bonchev–Trinajstić information content (AvgIpc) is 2.61. The van der Waals surface area contributed by atoms with Crippen molar-refractivity contribution in [3.05, 3.63) is 29.3 Å². The summed E-state index contributed by atoms with van der Waals surface area (Å²) in [6.07, 6.45) is 3.81. The fourth-order valence-corrected chi connectivity index (χ4v) is 2.37. The lowest BCUT2D eigenvalue weighted by Crippen LogP contribution is -2.30. The van der Waals surface area contributed by atoms with E-state index in [1.807, 2.05) is 30.0 Å². The molecule has 100 valence electrons. The van der Waals surface area contributed by atoms with Crippen LogP contribution in [0.1, 0.15) is 36.8 Å². The van der Waals surface area contributed by atoms with Gasteiger partial charge < -0.3 is 10.6 Å². The molecule has 1 aliphatic heterocycles. The molecule has 0 aliphatic carbocycles. The van der Waals surface area contributed by atoms with Crippen molar-refractivity contribution in [3.8, 4) is 11.8 Å². The molecule has 1 amide bonds. The number of carbonyl (C=O) groups excluding carboxylic acids is 1. The molecule has 1 aromatic rings. The Morgan fingerprint density at radius 1 is 1.32 bits per heavy atom. The molecule has 19 heavy (non-hydrogen) atoms. The molecule has 0 saturated carbocycles. The van der Waals surface area contributed by atoms with Gasteiger partial charge in [-0.1, -0.05) is 24.3 Å². The second-order valence-corrected chi connectivity index (χ2v) is 4.88. The summed E-state index contributed by atoms with van der Waals surface area (Å²) < 4.78 is 0. The number of nitrogens with zero attached hydrogens (tertiary/aromatic N) is 1. The van der Waals surface area contributed by atoms with Crippen molar-refractivity contribution >= 4 is 11.6 Å². The molecule has 0 atom stereocenters. The molecule has 1 aliphatic rings. The molecule has 0 bridgehead atoms. The Morgan fingerprint density at radius 2 is 2.16 bits per heavy atom. The van der Waals surface area contributed by atoms with Crippen molar-refractivity contribution in [2.24, 2.45) is 5.73 Å². The summed E-state index contributed by atoms with van der Waals surface area (Å²) in [4.78, 5) is 14.1. The predicted octanol–water partition coefficient (Wildman–Crippen LogP) is 2.21. The van der Waals surface area contributed by atoms with Crippen molar-refractivity contribution in [1.29, 1.82) is 0 Å². The van der Waals surface area contributed by atoms with Crippen LogP contribution in [-0.4, -0.2) is 19.0 Å². The summed E-state index contributed by atoms with van der Waals surface area (Å²) in [6.45, 7) is 3.15. The summed E-state index contributed by atoms with van der Waals surface area (Å²) in [6, 6.07) is 6.05. The molecule has 1 aromatic carbocycles. The molecule has 0 spiro atoms. The monoisotopic (exact) mass is 256 g/mol. The minimum absolute atomic E-state index is 0.206. The number of anilines is 1. The molecule has 1 fully saturated rings. The second-order valence-electron chi connectivity index (χ2n) is 4.88. The van der Waals surface area contributed by atoms with E-state index in [0.29, 0.717) is 13.0 Å². The highest BCUT2D eigenvalue weighted by atomic mass is 16.2. The summed E-state index contributed by atoms with van der Waals surface area (Å²) >= 11 is 0. The van der Waals surface area contributed by atoms with Crippen molar-refractivity contribution in [3.63, 3.8) is 0 Å². The lowest BCUT2D eigenvalue weighted by molar-refractivity contribution is -0.118. The first kappa shape index (κ1) is 13.6. The molecule has 3 nitrogen and oxygen atoms in total. The second kappa shape index (κ2) is 6.40. The van der Waals surface area contributed by atoms with E-state index in [9.17, 15) is 4.79 Å². The van der Waals surface area contributed by atoms with Gasteiger partial charge in [0.25, 0.3) is 0 Å². The Bertz CT molecular complexity index is 525. The first-order chi connectivity index (χ1) is 9.22. The number of hydrogen-bond donors (Lipinski definition) is 1. The Hall–Kier alpha value is -1.79. The molecule has 3 heteroatoms. The van der Waals surface area contributed by atoms with Gasteiger partial charge in [-0.15, -0.1) is 0 Å². The van der Waals surface area contributed by atoms with Gasteiger partial charge in [0, 0.05) is 18.5 Å². The molecule has 0 aromatic heterocycles. The maximum atomic E-state index is 12.2. The molecule has 0 radical (unpaired) electrons. The van der Waals surface area contributed by atoms with Gasteiger partial charge in [0.05, 0.1) is 12.2 Å². The van der Waals surface area contributed by atoms with Crippen LogP contribution >= 0.6 is 0 Å². The lowest BCUT2D eigenvalue weighted by Gasteiger charge is -2.22. The van der Waals surface area contributed by atoms with E-state index >= 15 is 0 Å². The fourth-order valence-electron chi connectivity index (χ4n) is 2.37. The summed E-state index contributed by atoms with van der Waals surface area (Å²) in [7, 11) is 0. The van der Waals surface area contributed by atoms with Gasteiger partial charge in [0.2, 0.25) is 5.91 Å². The quantitative estimate of drug-likeness (QED) is 0.783. The van der Waals surface area contributed by atoms with Crippen molar-refractivity contribution in [1.82, 2.24) is 0 Å². The van der Waals surface area contributed by atoms with E-state index in [0.717, 1.165) is 42.6 Å². The normalized spacial score (nSPS) is 15.7. The Labute approximate surface area is 114 Å². The van der Waals surface area contributed by atoms with Crippen LogP contribution in [-0.2, 0) is 4.79 Å². The third-order valence-electron chi connectivity index (χ3n) is 3.34.